The summed E-state index contributed by atoms with van der Waals surface area (Å²) in [6.07, 6.45) is 4.32. The number of rotatable bonds is 8. The number of aryl methyl sites for hydroxylation is 1. The summed E-state index contributed by atoms with van der Waals surface area (Å²) in [6, 6.07) is 7.25. The third-order valence-electron chi connectivity index (χ3n) is 3.58. The average molecular weight is 405 g/mol. The van der Waals surface area contributed by atoms with Crippen LogP contribution >= 0.6 is 23.1 Å². The minimum Gasteiger partial charge on any atom is -0.497 e. The summed E-state index contributed by atoms with van der Waals surface area (Å²) in [4.78, 5) is 20.5. The lowest BCUT2D eigenvalue weighted by Crippen LogP contribution is -2.28. The van der Waals surface area contributed by atoms with E-state index in [1.807, 2.05) is 31.2 Å². The molecule has 0 saturated heterocycles. The van der Waals surface area contributed by atoms with Crippen LogP contribution in [0.2, 0.25) is 0 Å². The van der Waals surface area contributed by atoms with Crippen molar-refractivity contribution in [3.63, 3.8) is 0 Å². The molecule has 0 aliphatic rings. The van der Waals surface area contributed by atoms with Crippen LogP contribution in [0.5, 0.6) is 5.75 Å². The van der Waals surface area contributed by atoms with Crippen LogP contribution < -0.4 is 15.4 Å². The second kappa shape index (κ2) is 9.43. The van der Waals surface area contributed by atoms with Crippen LogP contribution in [0.15, 0.2) is 45.3 Å². The smallest absolute Gasteiger partial charge is 0.321 e. The molecule has 9 heteroatoms. The van der Waals surface area contributed by atoms with E-state index in [2.05, 4.69) is 20.6 Å². The highest BCUT2D eigenvalue weighted by atomic mass is 32.2. The number of carbonyl (C=O) groups excluding carboxylic acids is 1. The number of carbonyl (C=O) groups is 1. The number of hydrogen-bond acceptors (Lipinski definition) is 7. The monoisotopic (exact) mass is 404 g/mol. The van der Waals surface area contributed by atoms with Gasteiger partial charge in [0.2, 0.25) is 5.89 Å². The fraction of sp³-hybridized carbons (Fsp3) is 0.278. The van der Waals surface area contributed by atoms with Crippen molar-refractivity contribution in [3.05, 3.63) is 53.9 Å². The van der Waals surface area contributed by atoms with Crippen LogP contribution in [0, 0.1) is 0 Å². The number of benzene rings is 1. The molecule has 0 radical (unpaired) electrons. The van der Waals surface area contributed by atoms with E-state index in [-0.39, 0.29) is 6.03 Å². The number of oxazole rings is 1. The van der Waals surface area contributed by atoms with Crippen molar-refractivity contribution in [2.75, 3.05) is 12.4 Å². The molecule has 0 atom stereocenters. The Kier molecular flexibility index (Phi) is 6.72. The highest BCUT2D eigenvalue weighted by Crippen LogP contribution is 2.30. The number of hydrogen-bond donors (Lipinski definition) is 2. The molecule has 2 aromatic heterocycles. The van der Waals surface area contributed by atoms with Crippen LogP contribution in [-0.2, 0) is 18.7 Å². The number of thioether (sulfide) groups is 1. The van der Waals surface area contributed by atoms with Gasteiger partial charge in [0.05, 0.1) is 29.5 Å². The average Bonchev–Trinajstić information content (AvgIpc) is 3.34. The number of urea groups is 1. The Morgan fingerprint density at radius 1 is 1.33 bits per heavy atom. The quantitative estimate of drug-likeness (QED) is 0.544. The number of methoxy groups -OCH3 is 1. The van der Waals surface area contributed by atoms with E-state index in [4.69, 9.17) is 9.15 Å². The van der Waals surface area contributed by atoms with Crippen LogP contribution in [-0.4, -0.2) is 23.1 Å². The number of nitrogens with one attached hydrogen (secondary N) is 2. The van der Waals surface area contributed by atoms with Gasteiger partial charge in [0.1, 0.15) is 11.5 Å². The van der Waals surface area contributed by atoms with E-state index in [9.17, 15) is 4.79 Å². The summed E-state index contributed by atoms with van der Waals surface area (Å²) in [5, 5.41) is 6.09. The van der Waals surface area contributed by atoms with E-state index in [1.165, 1.54) is 11.3 Å². The van der Waals surface area contributed by atoms with Gasteiger partial charge < -0.3 is 14.5 Å². The summed E-state index contributed by atoms with van der Waals surface area (Å²) < 4.78 is 11.7. The summed E-state index contributed by atoms with van der Waals surface area (Å²) in [5.74, 6) is 2.96. The Bertz CT molecular complexity index is 894. The first-order chi connectivity index (χ1) is 13.2. The summed E-state index contributed by atoms with van der Waals surface area (Å²) >= 11 is 2.98. The van der Waals surface area contributed by atoms with Crippen LogP contribution in [0.4, 0.5) is 9.93 Å². The molecule has 142 valence electrons. The Morgan fingerprint density at radius 2 is 2.22 bits per heavy atom. The van der Waals surface area contributed by atoms with Crippen LogP contribution in [0.25, 0.3) is 0 Å². The van der Waals surface area contributed by atoms with Gasteiger partial charge >= 0.3 is 6.03 Å². The van der Waals surface area contributed by atoms with Gasteiger partial charge in [-0.15, -0.1) is 11.8 Å². The molecule has 0 aliphatic carbocycles. The number of aromatic nitrogens is 2. The van der Waals surface area contributed by atoms with E-state index >= 15 is 0 Å². The lowest BCUT2D eigenvalue weighted by atomic mass is 10.2. The molecule has 0 saturated carbocycles. The largest absolute Gasteiger partial charge is 0.497 e. The first kappa shape index (κ1) is 19.2. The van der Waals surface area contributed by atoms with Crippen molar-refractivity contribution in [3.8, 4) is 5.75 Å². The van der Waals surface area contributed by atoms with Crippen molar-refractivity contribution in [1.29, 1.82) is 0 Å². The Hall–Kier alpha value is -2.52. The molecule has 0 spiro atoms. The first-order valence-corrected chi connectivity index (χ1v) is 10.2. The van der Waals surface area contributed by atoms with Crippen molar-refractivity contribution in [2.45, 2.75) is 29.9 Å². The molecule has 0 unspecified atom stereocenters. The lowest BCUT2D eigenvalue weighted by molar-refractivity contribution is 0.251. The maximum Gasteiger partial charge on any atom is 0.321 e. The van der Waals surface area contributed by atoms with Gasteiger partial charge in [-0.05, 0) is 17.7 Å². The molecule has 1 aromatic carbocycles. The van der Waals surface area contributed by atoms with Crippen molar-refractivity contribution in [2.24, 2.45) is 0 Å². The third kappa shape index (κ3) is 5.73. The van der Waals surface area contributed by atoms with Gasteiger partial charge in [-0.25, -0.2) is 14.8 Å². The fourth-order valence-electron chi connectivity index (χ4n) is 2.20. The minimum absolute atomic E-state index is 0.302. The maximum atomic E-state index is 12.0. The topological polar surface area (TPSA) is 89.3 Å². The molecule has 2 amide bonds. The van der Waals surface area contributed by atoms with Gasteiger partial charge in [0.15, 0.2) is 5.13 Å². The molecule has 3 rings (SSSR count). The van der Waals surface area contributed by atoms with Crippen molar-refractivity contribution in [1.82, 2.24) is 15.3 Å². The van der Waals surface area contributed by atoms with Gasteiger partial charge in [0.25, 0.3) is 0 Å². The molecule has 0 aliphatic heterocycles. The number of thiazole rings is 1. The zero-order valence-electron chi connectivity index (χ0n) is 15.0. The highest BCUT2D eigenvalue weighted by molar-refractivity contribution is 8.00. The van der Waals surface area contributed by atoms with E-state index in [1.54, 1.807) is 31.3 Å². The van der Waals surface area contributed by atoms with Crippen LogP contribution in [0.3, 0.4) is 0 Å². The summed E-state index contributed by atoms with van der Waals surface area (Å²) in [7, 11) is 1.61. The standard InChI is InChI=1S/C18H20N4O3S2/c1-3-13-9-19-15(25-13)11-26-16-10-21-18(27-16)22-17(23)20-8-12-5-4-6-14(7-12)24-2/h4-7,9-10H,3,8,11H2,1-2H3,(H2,20,21,22,23). The maximum absolute atomic E-state index is 12.0. The molecule has 27 heavy (non-hydrogen) atoms. The molecule has 2 N–H and O–H groups in total. The van der Waals surface area contributed by atoms with Crippen LogP contribution in [0.1, 0.15) is 24.1 Å². The van der Waals surface area contributed by atoms with Crippen molar-refractivity contribution >= 4 is 34.3 Å². The van der Waals surface area contributed by atoms with Gasteiger partial charge in [0, 0.05) is 13.0 Å². The number of ether oxygens (including phenoxy) is 1. The summed E-state index contributed by atoms with van der Waals surface area (Å²) in [6.45, 7) is 2.43. The highest BCUT2D eigenvalue weighted by Gasteiger charge is 2.09. The van der Waals surface area contributed by atoms with E-state index in [0.29, 0.717) is 23.3 Å². The van der Waals surface area contributed by atoms with Gasteiger partial charge in [-0.3, -0.25) is 5.32 Å². The summed E-state index contributed by atoms with van der Waals surface area (Å²) in [5.41, 5.74) is 0.956. The second-order valence-corrected chi connectivity index (χ2v) is 7.81. The van der Waals surface area contributed by atoms with Gasteiger partial charge in [-0.1, -0.05) is 30.4 Å². The predicted octanol–water partition coefficient (Wildman–Crippen LogP) is 4.32. The van der Waals surface area contributed by atoms with Crippen molar-refractivity contribution < 1.29 is 13.9 Å². The first-order valence-electron chi connectivity index (χ1n) is 8.36. The molecular formula is C18H20N4O3S2. The molecule has 3 aromatic rings. The molecular weight excluding hydrogens is 384 g/mol. The fourth-order valence-corrected chi connectivity index (χ4v) is 3.92. The molecule has 0 fully saturated rings. The lowest BCUT2D eigenvalue weighted by Gasteiger charge is -2.07. The normalized spacial score (nSPS) is 10.6. The number of anilines is 1. The third-order valence-corrected chi connectivity index (χ3v) is 5.67. The Labute approximate surface area is 165 Å². The van der Waals surface area contributed by atoms with E-state index in [0.717, 1.165) is 27.7 Å². The minimum atomic E-state index is -0.302. The van der Waals surface area contributed by atoms with E-state index < -0.39 is 0 Å². The zero-order valence-corrected chi connectivity index (χ0v) is 16.7. The van der Waals surface area contributed by atoms with Gasteiger partial charge in [-0.2, -0.15) is 0 Å². The second-order valence-electron chi connectivity index (χ2n) is 5.51. The number of amides is 2. The Morgan fingerprint density at radius 3 is 3.00 bits per heavy atom. The molecule has 7 nitrogen and oxygen atoms in total. The predicted molar refractivity (Wildman–Crippen MR) is 106 cm³/mol. The molecule has 0 bridgehead atoms. The SMILES string of the molecule is CCc1cnc(CSc2cnc(NC(=O)NCc3cccc(OC)c3)s2)o1. The Balaban J connectivity index is 1.45. The zero-order chi connectivity index (χ0) is 19.1. The molecule has 2 heterocycles. The number of nitrogens with zero attached hydrogens (tertiary/aromatic N) is 2.